The SMILES string of the molecule is CC(C)[C@H]1CC[C@H](n2c(=O)[nH]c3ncc(N)cc3c2=O)CC1. The summed E-state index contributed by atoms with van der Waals surface area (Å²) in [6.07, 6.45) is 5.29. The van der Waals surface area contributed by atoms with Crippen molar-refractivity contribution < 1.29 is 0 Å². The first-order valence-electron chi connectivity index (χ1n) is 7.87. The Bertz CT molecular complexity index is 798. The van der Waals surface area contributed by atoms with E-state index in [1.165, 1.54) is 10.8 Å². The van der Waals surface area contributed by atoms with Crippen molar-refractivity contribution in [3.63, 3.8) is 0 Å². The molecule has 1 aliphatic carbocycles. The summed E-state index contributed by atoms with van der Waals surface area (Å²) >= 11 is 0. The highest BCUT2D eigenvalue weighted by Gasteiger charge is 2.26. The number of H-pyrrole nitrogens is 1. The van der Waals surface area contributed by atoms with Gasteiger partial charge in [-0.05, 0) is 43.6 Å². The summed E-state index contributed by atoms with van der Waals surface area (Å²) in [5.74, 6) is 1.33. The summed E-state index contributed by atoms with van der Waals surface area (Å²) < 4.78 is 1.36. The van der Waals surface area contributed by atoms with Crippen LogP contribution in [0.1, 0.15) is 45.6 Å². The number of nitrogen functional groups attached to an aromatic ring is 1. The molecule has 118 valence electrons. The maximum atomic E-state index is 12.7. The summed E-state index contributed by atoms with van der Waals surface area (Å²) in [4.78, 5) is 31.7. The van der Waals surface area contributed by atoms with E-state index in [1.807, 2.05) is 0 Å². The number of fused-ring (bicyclic) bond motifs is 1. The molecule has 0 radical (unpaired) electrons. The third-order valence-corrected chi connectivity index (χ3v) is 4.85. The Labute approximate surface area is 128 Å². The molecule has 3 N–H and O–H groups in total. The number of aromatic amines is 1. The fraction of sp³-hybridized carbons (Fsp3) is 0.562. The van der Waals surface area contributed by atoms with Crippen molar-refractivity contribution in [2.75, 3.05) is 5.73 Å². The topological polar surface area (TPSA) is 93.8 Å². The minimum absolute atomic E-state index is 0.0305. The molecule has 0 aromatic carbocycles. The van der Waals surface area contributed by atoms with Crippen LogP contribution in [0.5, 0.6) is 0 Å². The molecular weight excluding hydrogens is 280 g/mol. The van der Waals surface area contributed by atoms with Crippen molar-refractivity contribution in [1.82, 2.24) is 14.5 Å². The second-order valence-corrected chi connectivity index (χ2v) is 6.58. The first kappa shape index (κ1) is 14.8. The summed E-state index contributed by atoms with van der Waals surface area (Å²) in [5, 5.41) is 0.380. The number of nitrogens with one attached hydrogen (secondary N) is 1. The van der Waals surface area contributed by atoms with E-state index in [0.29, 0.717) is 28.6 Å². The van der Waals surface area contributed by atoms with Crippen LogP contribution in [0.15, 0.2) is 21.9 Å². The summed E-state index contributed by atoms with van der Waals surface area (Å²) in [6.45, 7) is 4.46. The molecule has 1 fully saturated rings. The van der Waals surface area contributed by atoms with Gasteiger partial charge < -0.3 is 5.73 Å². The Hall–Kier alpha value is -2.11. The molecule has 22 heavy (non-hydrogen) atoms. The van der Waals surface area contributed by atoms with Crippen LogP contribution >= 0.6 is 0 Å². The minimum atomic E-state index is -0.372. The monoisotopic (exact) mass is 302 g/mol. The Balaban J connectivity index is 2.01. The molecule has 2 heterocycles. The molecule has 0 aliphatic heterocycles. The van der Waals surface area contributed by atoms with Gasteiger partial charge in [-0.2, -0.15) is 0 Å². The van der Waals surface area contributed by atoms with Gasteiger partial charge in [0.15, 0.2) is 0 Å². The van der Waals surface area contributed by atoms with Gasteiger partial charge in [-0.25, -0.2) is 9.78 Å². The molecule has 0 spiro atoms. The second kappa shape index (κ2) is 5.59. The summed E-state index contributed by atoms with van der Waals surface area (Å²) in [6, 6.07) is 1.55. The van der Waals surface area contributed by atoms with Crippen molar-refractivity contribution in [1.29, 1.82) is 0 Å². The molecule has 0 atom stereocenters. The lowest BCUT2D eigenvalue weighted by Crippen LogP contribution is -2.39. The van der Waals surface area contributed by atoms with Crippen molar-refractivity contribution in [2.45, 2.75) is 45.6 Å². The molecule has 1 aliphatic rings. The zero-order valence-electron chi connectivity index (χ0n) is 13.0. The minimum Gasteiger partial charge on any atom is -0.397 e. The third kappa shape index (κ3) is 2.53. The molecule has 2 aromatic rings. The Morgan fingerprint density at radius 3 is 2.59 bits per heavy atom. The normalized spacial score (nSPS) is 22.3. The van der Waals surface area contributed by atoms with E-state index in [0.717, 1.165) is 25.7 Å². The number of nitrogens with two attached hydrogens (primary N) is 1. The lowest BCUT2D eigenvalue weighted by molar-refractivity contribution is 0.220. The van der Waals surface area contributed by atoms with Crippen LogP contribution in [0, 0.1) is 11.8 Å². The molecule has 1 saturated carbocycles. The van der Waals surface area contributed by atoms with Crippen LogP contribution in [-0.4, -0.2) is 14.5 Å². The van der Waals surface area contributed by atoms with Crippen LogP contribution in [-0.2, 0) is 0 Å². The molecule has 0 amide bonds. The zero-order valence-corrected chi connectivity index (χ0v) is 13.0. The predicted molar refractivity (Wildman–Crippen MR) is 86.9 cm³/mol. The lowest BCUT2D eigenvalue weighted by Gasteiger charge is -2.31. The molecule has 0 unspecified atom stereocenters. The second-order valence-electron chi connectivity index (χ2n) is 6.58. The zero-order chi connectivity index (χ0) is 15.9. The van der Waals surface area contributed by atoms with Crippen molar-refractivity contribution in [3.8, 4) is 0 Å². The van der Waals surface area contributed by atoms with Gasteiger partial charge in [0.25, 0.3) is 5.56 Å². The van der Waals surface area contributed by atoms with Gasteiger partial charge in [-0.1, -0.05) is 13.8 Å². The fourth-order valence-corrected chi connectivity index (χ4v) is 3.49. The quantitative estimate of drug-likeness (QED) is 0.887. The number of pyridine rings is 1. The lowest BCUT2D eigenvalue weighted by atomic mass is 9.79. The van der Waals surface area contributed by atoms with Gasteiger partial charge in [-0.3, -0.25) is 14.3 Å². The first-order valence-corrected chi connectivity index (χ1v) is 7.87. The van der Waals surface area contributed by atoms with Crippen LogP contribution in [0.4, 0.5) is 5.69 Å². The molecule has 6 heteroatoms. The third-order valence-electron chi connectivity index (χ3n) is 4.85. The number of nitrogens with zero attached hydrogens (tertiary/aromatic N) is 2. The maximum Gasteiger partial charge on any atom is 0.330 e. The average Bonchev–Trinajstić information content (AvgIpc) is 2.49. The smallest absolute Gasteiger partial charge is 0.330 e. The molecule has 0 bridgehead atoms. The van der Waals surface area contributed by atoms with E-state index < -0.39 is 0 Å². The largest absolute Gasteiger partial charge is 0.397 e. The number of anilines is 1. The van der Waals surface area contributed by atoms with Crippen LogP contribution in [0.3, 0.4) is 0 Å². The molecule has 6 nitrogen and oxygen atoms in total. The molecular formula is C16H22N4O2. The van der Waals surface area contributed by atoms with E-state index in [9.17, 15) is 9.59 Å². The van der Waals surface area contributed by atoms with Gasteiger partial charge in [0.1, 0.15) is 5.65 Å². The molecule has 2 aromatic heterocycles. The van der Waals surface area contributed by atoms with Crippen LogP contribution < -0.4 is 17.0 Å². The summed E-state index contributed by atoms with van der Waals surface area (Å²) in [5.41, 5.74) is 5.78. The number of hydrogen-bond acceptors (Lipinski definition) is 4. The number of aromatic nitrogens is 3. The maximum absolute atomic E-state index is 12.7. The molecule has 0 saturated heterocycles. The molecule has 3 rings (SSSR count). The van der Waals surface area contributed by atoms with E-state index in [1.54, 1.807) is 6.07 Å². The highest BCUT2D eigenvalue weighted by molar-refractivity contribution is 5.76. The number of rotatable bonds is 2. The van der Waals surface area contributed by atoms with Gasteiger partial charge in [-0.15, -0.1) is 0 Å². The van der Waals surface area contributed by atoms with E-state index in [2.05, 4.69) is 23.8 Å². The van der Waals surface area contributed by atoms with E-state index in [-0.39, 0.29) is 17.3 Å². The van der Waals surface area contributed by atoms with Crippen molar-refractivity contribution in [3.05, 3.63) is 33.1 Å². The standard InChI is InChI=1S/C16H22N4O2/c1-9(2)10-3-5-12(6-4-10)20-15(21)13-7-11(17)8-18-14(13)19-16(20)22/h7-10,12H,3-6,17H2,1-2H3,(H,18,19,22)/t10-,12-. The first-order chi connectivity index (χ1) is 10.5. The Morgan fingerprint density at radius 1 is 1.27 bits per heavy atom. The van der Waals surface area contributed by atoms with Gasteiger partial charge in [0.05, 0.1) is 17.3 Å². The Morgan fingerprint density at radius 2 is 1.95 bits per heavy atom. The van der Waals surface area contributed by atoms with Crippen molar-refractivity contribution >= 4 is 16.7 Å². The highest BCUT2D eigenvalue weighted by atomic mass is 16.2. The van der Waals surface area contributed by atoms with Crippen molar-refractivity contribution in [2.24, 2.45) is 11.8 Å². The van der Waals surface area contributed by atoms with E-state index >= 15 is 0 Å². The van der Waals surface area contributed by atoms with E-state index in [4.69, 9.17) is 5.73 Å². The van der Waals surface area contributed by atoms with Gasteiger partial charge in [0, 0.05) is 6.04 Å². The van der Waals surface area contributed by atoms with Gasteiger partial charge >= 0.3 is 5.69 Å². The van der Waals surface area contributed by atoms with Crippen LogP contribution in [0.25, 0.3) is 11.0 Å². The average molecular weight is 302 g/mol. The highest BCUT2D eigenvalue weighted by Crippen LogP contribution is 2.34. The predicted octanol–water partition coefficient (Wildman–Crippen LogP) is 2.05. The van der Waals surface area contributed by atoms with Crippen LogP contribution in [0.2, 0.25) is 0 Å². The fourth-order valence-electron chi connectivity index (χ4n) is 3.49. The Kier molecular flexibility index (Phi) is 3.76. The summed E-state index contributed by atoms with van der Waals surface area (Å²) in [7, 11) is 0. The number of hydrogen-bond donors (Lipinski definition) is 2. The van der Waals surface area contributed by atoms with Gasteiger partial charge in [0.2, 0.25) is 0 Å².